The molecular weight excluding hydrogens is 364 g/mol. The maximum Gasteiger partial charge on any atom is 0.270 e. The van der Waals surface area contributed by atoms with Gasteiger partial charge in [0, 0.05) is 18.3 Å². The number of nitrogens with zero attached hydrogens (tertiary/aromatic N) is 2. The molecule has 0 aliphatic carbocycles. The lowest BCUT2D eigenvalue weighted by molar-refractivity contribution is -0.385. The SMILES string of the molecule is COc1ccc([C@@H](C)N=Cc2cc([N+](=O)[O-])ccc2[O-])cc1Br. The molecule has 0 saturated carbocycles. The number of non-ortho nitro benzene ring substituents is 1. The van der Waals surface area contributed by atoms with Crippen molar-refractivity contribution in [2.45, 2.75) is 13.0 Å². The van der Waals surface area contributed by atoms with E-state index in [-0.39, 0.29) is 23.0 Å². The molecule has 1 atom stereocenters. The van der Waals surface area contributed by atoms with Gasteiger partial charge in [0.1, 0.15) is 5.75 Å². The lowest BCUT2D eigenvalue weighted by Crippen LogP contribution is -1.99. The number of rotatable bonds is 5. The van der Waals surface area contributed by atoms with Crippen molar-refractivity contribution < 1.29 is 14.8 Å². The van der Waals surface area contributed by atoms with Gasteiger partial charge in [-0.2, -0.15) is 0 Å². The van der Waals surface area contributed by atoms with Crippen LogP contribution in [0.25, 0.3) is 0 Å². The number of aliphatic imine (C=N–C) groups is 1. The minimum atomic E-state index is -0.541. The van der Waals surface area contributed by atoms with Crippen LogP contribution >= 0.6 is 15.9 Å². The van der Waals surface area contributed by atoms with Gasteiger partial charge in [-0.05, 0) is 46.1 Å². The van der Waals surface area contributed by atoms with Gasteiger partial charge >= 0.3 is 0 Å². The highest BCUT2D eigenvalue weighted by Gasteiger charge is 2.08. The molecule has 0 bridgehead atoms. The van der Waals surface area contributed by atoms with Gasteiger partial charge in [-0.15, -0.1) is 0 Å². The quantitative estimate of drug-likeness (QED) is 0.452. The standard InChI is InChI=1S/C16H15BrN2O4/c1-10(11-3-6-16(23-2)14(17)8-11)18-9-12-7-13(19(21)22)4-5-15(12)20/h3-10,20H,1-2H3/p-1/t10-/m1/s1. The molecule has 0 aliphatic rings. The number of hydrogen-bond acceptors (Lipinski definition) is 5. The summed E-state index contributed by atoms with van der Waals surface area (Å²) in [5.41, 5.74) is 0.983. The van der Waals surface area contributed by atoms with E-state index in [1.165, 1.54) is 24.4 Å². The molecule has 0 radical (unpaired) electrons. The lowest BCUT2D eigenvalue weighted by Gasteiger charge is -2.12. The Balaban J connectivity index is 2.24. The van der Waals surface area contributed by atoms with Crippen molar-refractivity contribution in [2.24, 2.45) is 4.99 Å². The number of nitro benzene ring substituents is 1. The van der Waals surface area contributed by atoms with Crippen LogP contribution in [0.4, 0.5) is 5.69 Å². The average Bonchev–Trinajstić information content (AvgIpc) is 2.53. The summed E-state index contributed by atoms with van der Waals surface area (Å²) < 4.78 is 5.97. The molecule has 0 aromatic heterocycles. The number of nitro groups is 1. The Morgan fingerprint density at radius 2 is 2.04 bits per heavy atom. The third kappa shape index (κ3) is 4.07. The number of hydrogen-bond donors (Lipinski definition) is 0. The van der Waals surface area contributed by atoms with Crippen LogP contribution in [0.1, 0.15) is 24.1 Å². The Hall–Kier alpha value is -2.41. The molecule has 0 heterocycles. The van der Waals surface area contributed by atoms with E-state index in [1.54, 1.807) is 7.11 Å². The van der Waals surface area contributed by atoms with Gasteiger partial charge in [0.25, 0.3) is 5.69 Å². The average molecular weight is 378 g/mol. The monoisotopic (exact) mass is 377 g/mol. The first-order valence-electron chi connectivity index (χ1n) is 6.74. The summed E-state index contributed by atoms with van der Waals surface area (Å²) in [6.45, 7) is 1.87. The maximum atomic E-state index is 11.7. The van der Waals surface area contributed by atoms with Crippen molar-refractivity contribution >= 4 is 27.8 Å². The minimum absolute atomic E-state index is 0.133. The van der Waals surface area contributed by atoms with E-state index in [0.717, 1.165) is 10.0 Å². The smallest absolute Gasteiger partial charge is 0.270 e. The molecule has 120 valence electrons. The van der Waals surface area contributed by atoms with Crippen molar-refractivity contribution in [1.82, 2.24) is 0 Å². The van der Waals surface area contributed by atoms with Gasteiger partial charge in [-0.25, -0.2) is 0 Å². The van der Waals surface area contributed by atoms with E-state index in [0.29, 0.717) is 5.75 Å². The second-order valence-electron chi connectivity index (χ2n) is 4.83. The molecule has 0 unspecified atom stereocenters. The number of methoxy groups -OCH3 is 1. The van der Waals surface area contributed by atoms with Crippen LogP contribution in [0.3, 0.4) is 0 Å². The summed E-state index contributed by atoms with van der Waals surface area (Å²) in [6.07, 6.45) is 1.37. The molecule has 0 amide bonds. The fourth-order valence-electron chi connectivity index (χ4n) is 1.97. The molecule has 0 spiro atoms. The topological polar surface area (TPSA) is 87.8 Å². The fraction of sp³-hybridized carbons (Fsp3) is 0.188. The fourth-order valence-corrected chi connectivity index (χ4v) is 2.53. The molecule has 2 aromatic carbocycles. The zero-order valence-corrected chi connectivity index (χ0v) is 14.1. The van der Waals surface area contributed by atoms with Crippen molar-refractivity contribution in [1.29, 1.82) is 0 Å². The molecule has 0 fully saturated rings. The number of benzene rings is 2. The van der Waals surface area contributed by atoms with E-state index >= 15 is 0 Å². The predicted octanol–water partition coefficient (Wildman–Crippen LogP) is 3.62. The Morgan fingerprint density at radius 1 is 1.30 bits per heavy atom. The maximum absolute atomic E-state index is 11.7. The number of ether oxygens (including phenoxy) is 1. The summed E-state index contributed by atoms with van der Waals surface area (Å²) in [6, 6.07) is 8.94. The molecule has 7 heteroatoms. The van der Waals surface area contributed by atoms with Crippen LogP contribution in [0.15, 0.2) is 45.9 Å². The molecule has 0 aliphatic heterocycles. The highest BCUT2D eigenvalue weighted by molar-refractivity contribution is 9.10. The van der Waals surface area contributed by atoms with Crippen LogP contribution in [-0.4, -0.2) is 18.2 Å². The number of halogens is 1. The summed E-state index contributed by atoms with van der Waals surface area (Å²) >= 11 is 3.41. The van der Waals surface area contributed by atoms with Gasteiger partial charge in [-0.3, -0.25) is 15.1 Å². The van der Waals surface area contributed by atoms with Crippen LogP contribution in [0.5, 0.6) is 11.5 Å². The molecule has 2 rings (SSSR count). The highest BCUT2D eigenvalue weighted by Crippen LogP contribution is 2.29. The summed E-state index contributed by atoms with van der Waals surface area (Å²) in [5.74, 6) is 0.410. The summed E-state index contributed by atoms with van der Waals surface area (Å²) in [7, 11) is 1.58. The Labute approximate surface area is 141 Å². The van der Waals surface area contributed by atoms with Crippen molar-refractivity contribution in [3.05, 3.63) is 62.1 Å². The highest BCUT2D eigenvalue weighted by atomic mass is 79.9. The third-order valence-corrected chi connectivity index (χ3v) is 3.92. The molecule has 23 heavy (non-hydrogen) atoms. The zero-order chi connectivity index (χ0) is 17.0. The first-order chi connectivity index (χ1) is 10.9. The third-order valence-electron chi connectivity index (χ3n) is 3.30. The van der Waals surface area contributed by atoms with Gasteiger partial charge in [-0.1, -0.05) is 17.9 Å². The van der Waals surface area contributed by atoms with E-state index in [1.807, 2.05) is 25.1 Å². The van der Waals surface area contributed by atoms with Gasteiger partial charge in [0.05, 0.1) is 22.5 Å². The van der Waals surface area contributed by atoms with Crippen molar-refractivity contribution in [3.8, 4) is 11.5 Å². The lowest BCUT2D eigenvalue weighted by atomic mass is 10.1. The summed E-state index contributed by atoms with van der Waals surface area (Å²) in [5, 5.41) is 22.5. The van der Waals surface area contributed by atoms with Crippen LogP contribution < -0.4 is 9.84 Å². The summed E-state index contributed by atoms with van der Waals surface area (Å²) in [4.78, 5) is 14.5. The van der Waals surface area contributed by atoms with Gasteiger partial charge in [0.15, 0.2) is 0 Å². The van der Waals surface area contributed by atoms with Gasteiger partial charge in [0.2, 0.25) is 0 Å². The van der Waals surface area contributed by atoms with E-state index in [4.69, 9.17) is 4.74 Å². The van der Waals surface area contributed by atoms with Crippen molar-refractivity contribution in [3.63, 3.8) is 0 Å². The molecule has 2 aromatic rings. The zero-order valence-electron chi connectivity index (χ0n) is 12.5. The first-order valence-corrected chi connectivity index (χ1v) is 7.53. The van der Waals surface area contributed by atoms with E-state index in [9.17, 15) is 15.2 Å². The van der Waals surface area contributed by atoms with E-state index < -0.39 is 4.92 Å². The predicted molar refractivity (Wildman–Crippen MR) is 89.2 cm³/mol. The molecule has 6 nitrogen and oxygen atoms in total. The first kappa shape index (κ1) is 17.0. The largest absolute Gasteiger partial charge is 0.872 e. The Morgan fingerprint density at radius 3 is 2.65 bits per heavy atom. The second kappa shape index (κ2) is 7.23. The van der Waals surface area contributed by atoms with Gasteiger partial charge < -0.3 is 9.84 Å². The Bertz CT molecular complexity index is 762. The molecular formula is C16H14BrN2O4-. The second-order valence-corrected chi connectivity index (χ2v) is 5.68. The van der Waals surface area contributed by atoms with Crippen LogP contribution in [-0.2, 0) is 0 Å². The Kier molecular flexibility index (Phi) is 5.33. The molecule has 0 N–H and O–H groups in total. The van der Waals surface area contributed by atoms with Crippen LogP contribution in [0, 0.1) is 10.1 Å². The van der Waals surface area contributed by atoms with E-state index in [2.05, 4.69) is 20.9 Å². The van der Waals surface area contributed by atoms with Crippen LogP contribution in [0.2, 0.25) is 0 Å². The minimum Gasteiger partial charge on any atom is -0.872 e. The van der Waals surface area contributed by atoms with Crippen molar-refractivity contribution in [2.75, 3.05) is 7.11 Å². The molecule has 0 saturated heterocycles. The normalized spacial score (nSPS) is 12.3.